The van der Waals surface area contributed by atoms with Crippen LogP contribution in [-0.2, 0) is 0 Å². The van der Waals surface area contributed by atoms with Crippen molar-refractivity contribution in [3.8, 4) is 50.4 Å². The molecule has 15 aromatic rings. The van der Waals surface area contributed by atoms with Gasteiger partial charge in [-0.15, -0.1) is 0 Å². The van der Waals surface area contributed by atoms with Gasteiger partial charge >= 0.3 is 660 Å². The van der Waals surface area contributed by atoms with Crippen LogP contribution in [0, 0.1) is 0 Å². The van der Waals surface area contributed by atoms with Crippen molar-refractivity contribution in [1.82, 2.24) is 28.3 Å². The average molecular weight is 1480 g/mol. The number of aromatic nitrogens is 3. The minimum atomic E-state index is -1.89. The van der Waals surface area contributed by atoms with Crippen molar-refractivity contribution >= 4 is 344 Å². The molecule has 0 atom stereocenters. The van der Waals surface area contributed by atoms with Gasteiger partial charge in [0, 0.05) is 0 Å². The molecule has 111 heavy (non-hydrogen) atoms. The quantitative estimate of drug-likeness (QED) is 0.137. The van der Waals surface area contributed by atoms with Crippen molar-refractivity contribution in [3.05, 3.63) is 237 Å². The van der Waals surface area contributed by atoms with Crippen LogP contribution in [0.5, 0.6) is 0 Å². The van der Waals surface area contributed by atoms with Gasteiger partial charge in [-0.3, -0.25) is 0 Å². The molecule has 3 radical (unpaired) electrons. The third-order valence-electron chi connectivity index (χ3n) is 43.6. The fourth-order valence-corrected chi connectivity index (χ4v) is 113. The van der Waals surface area contributed by atoms with Crippen LogP contribution in [0.3, 0.4) is 0 Å². The van der Waals surface area contributed by atoms with Crippen molar-refractivity contribution in [1.29, 1.82) is 0 Å². The molecule has 3 N–H and O–H groups in total. The molecule has 0 amide bonds. The van der Waals surface area contributed by atoms with Gasteiger partial charge in [0.15, 0.2) is 0 Å². The molecular formula is C72H54B27N6P6-6. The maximum atomic E-state index is 4.92. The maximum absolute atomic E-state index is 4.92. The number of hydrogen-bond acceptors (Lipinski definition) is 3. The fourth-order valence-electron chi connectivity index (χ4n) is 37.4. The zero-order chi connectivity index (χ0) is 69.9. The molecule has 27 aliphatic heterocycles. The Kier molecular flexibility index (Phi) is 8.04. The first-order chi connectivity index (χ1) is 54.6. The Balaban J connectivity index is 0.0000000768. The molecule has 0 saturated carbocycles. The van der Waals surface area contributed by atoms with Gasteiger partial charge in [-0.05, 0) is 0 Å². The molecule has 12 aromatic carbocycles. The summed E-state index contributed by atoms with van der Waals surface area (Å²) in [5.74, 6) is 0. The van der Waals surface area contributed by atoms with E-state index in [0.717, 1.165) is 49.7 Å². The Morgan fingerprint density at radius 1 is 0.288 bits per heavy atom. The zero-order valence-corrected chi connectivity index (χ0v) is 68.0. The number of hydrogen-bond donors (Lipinski definition) is 3. The van der Waals surface area contributed by atoms with Gasteiger partial charge in [0.2, 0.25) is 0 Å². The van der Waals surface area contributed by atoms with Crippen molar-refractivity contribution in [2.75, 3.05) is 0 Å². The second-order valence-electron chi connectivity index (χ2n) is 44.2. The molecular weight excluding hydrogens is 1430 g/mol. The van der Waals surface area contributed by atoms with Crippen molar-refractivity contribution < 1.29 is 0 Å². The van der Waals surface area contributed by atoms with Crippen molar-refractivity contribution in [2.45, 2.75) is 0 Å². The Morgan fingerprint density at radius 3 is 1.17 bits per heavy atom. The monoisotopic (exact) mass is 1490 g/mol. The molecule has 42 rings (SSSR count). The van der Waals surface area contributed by atoms with E-state index in [1.165, 1.54) is 159 Å². The van der Waals surface area contributed by atoms with Crippen LogP contribution >= 0.6 is 38.0 Å². The first-order valence-corrected chi connectivity index (χ1v) is 60.5. The second-order valence-corrected chi connectivity index (χ2v) is 80.4. The average Bonchev–Trinajstić information content (AvgIpc) is 1.34. The van der Waals surface area contributed by atoms with E-state index in [9.17, 15) is 0 Å². The van der Waals surface area contributed by atoms with Gasteiger partial charge in [-0.25, -0.2) is 0 Å². The predicted molar refractivity (Wildman–Crippen MR) is 537 cm³/mol. The van der Waals surface area contributed by atoms with E-state index in [-0.39, 0.29) is 0 Å². The van der Waals surface area contributed by atoms with E-state index in [0.29, 0.717) is 62.0 Å². The number of para-hydroxylation sites is 3. The number of nitrogens with one attached hydrogen (secondary N) is 3. The number of fused-ring (bicyclic) bond motifs is 27. The summed E-state index contributed by atoms with van der Waals surface area (Å²) < 4.78 is 8.01. The van der Waals surface area contributed by atoms with Gasteiger partial charge in [0.25, 0.3) is 0 Å². The van der Waals surface area contributed by atoms with E-state index in [2.05, 4.69) is 271 Å². The summed E-state index contributed by atoms with van der Waals surface area (Å²) >= 11 is 0. The Labute approximate surface area is 654 Å². The van der Waals surface area contributed by atoms with Gasteiger partial charge < -0.3 is 0 Å². The first-order valence-electron chi connectivity index (χ1n) is 44.5. The Morgan fingerprint density at radius 2 is 0.685 bits per heavy atom. The van der Waals surface area contributed by atoms with Crippen LogP contribution < -0.4 is 79.7 Å². The number of benzene rings is 12. The summed E-state index contributed by atoms with van der Waals surface area (Å²) in [6.07, 6.45) is 8.06. The van der Waals surface area contributed by atoms with Crippen LogP contribution in [0.4, 0.5) is 0 Å². The number of rotatable bonds is 9. The second kappa shape index (κ2) is 15.6. The number of nitrogens with zero attached hydrogens (tertiary/aromatic N) is 3. The van der Waals surface area contributed by atoms with Gasteiger partial charge in [-0.1, -0.05) is 0 Å². The topological polar surface area (TPSA) is 50.9 Å². The summed E-state index contributed by atoms with van der Waals surface area (Å²) in [6.45, 7) is 11.0. The minimum absolute atomic E-state index is 0.303. The van der Waals surface area contributed by atoms with Crippen molar-refractivity contribution in [2.24, 2.45) is 0 Å². The standard InChI is InChI=1S/3C24H18B9N2P2/c1-3-9-19-15(6-1)17-8-5-11-22-23(17)28(19)20-13-14(12-18-16-7-2-4-10-21(16)35(22)24(18)20)36(29-25-30(36)33(29)36)34-37-26-31(37)32(37)27-37;1-3-9-17-14(6-1)15-8-5-11-20-23(15)28(17)18-12-13-21(22-16-7-2-4-10-19(16)35(20)24(18)22)36(29-25-30(36)33(29)36)34-37-26-31(37)32(37)27-37;1-3-9-18-14(6-1)16-8-5-11-20-22(16)28(18)23-21(13-12-17-15-7-2-4-10-19(15)35(20)24(17)23)36(29-25-30(36)33(29)36)34-37-26-31(37)32(37)27-37/h3*1-13,34H,25-26H2/q3*-2. The molecule has 3 aromatic heterocycles. The summed E-state index contributed by atoms with van der Waals surface area (Å²) in [5, 5.41) is 14.7. The Hall–Kier alpha value is -5.75. The van der Waals surface area contributed by atoms with Crippen LogP contribution in [-0.4, -0.2) is 190 Å². The predicted octanol–water partition coefficient (Wildman–Crippen LogP) is -0.366. The van der Waals surface area contributed by atoms with Crippen LogP contribution in [0.25, 0.3) is 116 Å². The van der Waals surface area contributed by atoms with E-state index >= 15 is 0 Å². The van der Waals surface area contributed by atoms with E-state index in [4.69, 9.17) is 14.6 Å². The fraction of sp³-hybridized carbons (Fsp3) is 0. The summed E-state index contributed by atoms with van der Waals surface area (Å²) in [4.78, 5) is 14.7. The molecule has 30 heterocycles. The van der Waals surface area contributed by atoms with E-state index in [1.54, 1.807) is 49.2 Å². The van der Waals surface area contributed by atoms with Crippen molar-refractivity contribution in [3.63, 3.8) is 0 Å². The molecule has 6 nitrogen and oxygen atoms in total. The SMILES string of the molecule is [B]1B2B3[BH2-]P123NP12(c3cc4c5c(c3)c3ccccc3n5-c3cccc5c3B4c3ccccc3-5)B3[BH2-]B1B32.[B]1B2B3[BH2-]P123NP12(c3ccc4c5c3c3ccccc3n5-c3cccc5c3B4c3ccccc3-5)B3[BH2-]B1B32.[B]1B2B3[BH2-]P123NP12(c3ccc4c5ccccc5n5c4c3B3c4ccccc4-c4cccc-5c43)B3[BH2-]B1B32. The zero-order valence-electron chi connectivity index (χ0n) is 62.7. The molecule has 0 aliphatic carbocycles. The molecule has 0 unspecified atom stereocenters. The molecule has 6 bridgehead atoms. The normalized spacial score (nSPS) is 27.4. The molecule has 3 spiro atoms. The van der Waals surface area contributed by atoms with Crippen LogP contribution in [0.15, 0.2) is 237 Å². The van der Waals surface area contributed by atoms with Crippen LogP contribution in [0.1, 0.15) is 0 Å². The third-order valence-corrected chi connectivity index (χ3v) is 97.3. The molecule has 39 heteroatoms. The first kappa shape index (κ1) is 57.3. The van der Waals surface area contributed by atoms with Gasteiger partial charge in [0.1, 0.15) is 0 Å². The molecule has 21 saturated heterocycles. The van der Waals surface area contributed by atoms with E-state index < -0.39 is 38.0 Å². The molecule has 27 aliphatic rings. The molecule has 489 valence electrons. The van der Waals surface area contributed by atoms with Gasteiger partial charge in [0.05, 0.1) is 0 Å². The third kappa shape index (κ3) is 4.93. The van der Waals surface area contributed by atoms with E-state index in [1.807, 2.05) is 15.9 Å². The Bertz CT molecular complexity index is 7690. The van der Waals surface area contributed by atoms with Gasteiger partial charge in [-0.2, -0.15) is 0 Å². The summed E-state index contributed by atoms with van der Waals surface area (Å²) in [7, 11) is 0.945. The summed E-state index contributed by atoms with van der Waals surface area (Å²) in [6, 6.07) is 93.1. The molecule has 21 fully saturated rings. The van der Waals surface area contributed by atoms with Crippen LogP contribution in [0.2, 0.25) is 0 Å². The summed E-state index contributed by atoms with van der Waals surface area (Å²) in [5.41, 5.74) is 35.9.